The van der Waals surface area contributed by atoms with Crippen molar-refractivity contribution in [1.82, 2.24) is 9.80 Å². The first-order valence-corrected chi connectivity index (χ1v) is 24.3. The number of rotatable bonds is 17. The molecule has 0 aromatic heterocycles. The van der Waals surface area contributed by atoms with Gasteiger partial charge in [0.2, 0.25) is 5.91 Å². The molecule has 11 heteroatoms. The van der Waals surface area contributed by atoms with Gasteiger partial charge in [0, 0.05) is 27.6 Å². The van der Waals surface area contributed by atoms with Crippen molar-refractivity contribution < 1.29 is 27.9 Å². The number of hydrogen-bond acceptors (Lipinski definition) is 6. The van der Waals surface area contributed by atoms with Crippen molar-refractivity contribution in [2.75, 3.05) is 26.5 Å². The molecule has 4 atom stereocenters. The Morgan fingerprint density at radius 1 is 0.897 bits per heavy atom. The van der Waals surface area contributed by atoms with Crippen molar-refractivity contribution in [2.24, 2.45) is 5.92 Å². The van der Waals surface area contributed by atoms with Gasteiger partial charge in [-0.15, -0.1) is 0 Å². The van der Waals surface area contributed by atoms with Crippen molar-refractivity contribution in [2.45, 2.75) is 135 Å². The standard InChI is InChI=1S/C28H58N2O6Si3/c1-11-38(12-2,13-3)34-21-25-24(36-39(14-4,15-5)16-6)19-26(35-25)29-20-23(7)27(31)30(28(29)32)22-33-17-18-37(8,9)10/h23-26H,11-22H2,1-10H3/t23?,24-,25+,26+/m0/s1. The van der Waals surface area contributed by atoms with Crippen LogP contribution in [0.25, 0.3) is 0 Å². The summed E-state index contributed by atoms with van der Waals surface area (Å²) in [5, 5.41) is 0. The monoisotopic (exact) mass is 602 g/mol. The number of hydrogen-bond donors (Lipinski definition) is 0. The molecule has 228 valence electrons. The molecule has 2 fully saturated rings. The van der Waals surface area contributed by atoms with Crippen LogP contribution >= 0.6 is 0 Å². The Kier molecular flexibility index (Phi) is 13.4. The van der Waals surface area contributed by atoms with E-state index in [4.69, 9.17) is 18.3 Å². The maximum atomic E-state index is 13.6. The zero-order valence-electron chi connectivity index (χ0n) is 26.6. The summed E-state index contributed by atoms with van der Waals surface area (Å²) < 4.78 is 26.1. The van der Waals surface area contributed by atoms with E-state index in [1.807, 2.05) is 6.92 Å². The number of imide groups is 1. The van der Waals surface area contributed by atoms with Gasteiger partial charge in [-0.2, -0.15) is 0 Å². The quantitative estimate of drug-likeness (QED) is 0.136. The highest BCUT2D eigenvalue weighted by atomic mass is 28.4. The van der Waals surface area contributed by atoms with Crippen LogP contribution in [0, 0.1) is 5.92 Å². The first kappa shape index (κ1) is 34.6. The summed E-state index contributed by atoms with van der Waals surface area (Å²) >= 11 is 0. The van der Waals surface area contributed by atoms with E-state index in [2.05, 4.69) is 61.2 Å². The van der Waals surface area contributed by atoms with Gasteiger partial charge < -0.3 is 18.3 Å². The number of carbonyl (C=O) groups is 2. The van der Waals surface area contributed by atoms with Crippen LogP contribution in [0.5, 0.6) is 0 Å². The van der Waals surface area contributed by atoms with Gasteiger partial charge in [-0.25, -0.2) is 9.69 Å². The largest absolute Gasteiger partial charge is 0.414 e. The SMILES string of the molecule is CC[Si](CC)(CC)OC[C@H]1O[C@@H](N2CC(C)C(=O)N(COCC[Si](C)(C)C)C2=O)C[C@@H]1O[Si](CC)(CC)CC. The lowest BCUT2D eigenvalue weighted by atomic mass is 10.1. The van der Waals surface area contributed by atoms with Gasteiger partial charge in [0.15, 0.2) is 16.6 Å². The molecule has 0 N–H and O–H groups in total. The molecule has 0 bridgehead atoms. The van der Waals surface area contributed by atoms with E-state index in [0.29, 0.717) is 26.2 Å². The molecule has 0 aromatic rings. The summed E-state index contributed by atoms with van der Waals surface area (Å²) in [6.07, 6.45) is -0.154. The Hall–Kier alpha value is -0.569. The zero-order valence-corrected chi connectivity index (χ0v) is 29.6. The predicted molar refractivity (Wildman–Crippen MR) is 166 cm³/mol. The topological polar surface area (TPSA) is 77.5 Å². The van der Waals surface area contributed by atoms with E-state index in [9.17, 15) is 9.59 Å². The Morgan fingerprint density at radius 3 is 1.97 bits per heavy atom. The highest BCUT2D eigenvalue weighted by Crippen LogP contribution is 2.35. The second-order valence-corrected chi connectivity index (χ2v) is 27.9. The lowest BCUT2D eigenvalue weighted by Crippen LogP contribution is -2.59. The van der Waals surface area contributed by atoms with Gasteiger partial charge in [0.25, 0.3) is 0 Å². The van der Waals surface area contributed by atoms with Crippen molar-refractivity contribution in [3.8, 4) is 0 Å². The summed E-state index contributed by atoms with van der Waals surface area (Å²) in [7, 11) is -4.98. The number of carbonyl (C=O) groups excluding carboxylic acids is 2. The zero-order chi connectivity index (χ0) is 29.4. The van der Waals surface area contributed by atoms with E-state index in [1.54, 1.807) is 4.90 Å². The third kappa shape index (κ3) is 8.96. The molecule has 2 aliphatic heterocycles. The molecule has 0 saturated carbocycles. The van der Waals surface area contributed by atoms with E-state index < -0.39 is 30.9 Å². The minimum absolute atomic E-state index is 0.00266. The number of amides is 3. The summed E-state index contributed by atoms with van der Waals surface area (Å²) in [5.41, 5.74) is 0. The minimum Gasteiger partial charge on any atom is -0.414 e. The molecular formula is C28H58N2O6Si3. The van der Waals surface area contributed by atoms with Crippen molar-refractivity contribution >= 4 is 36.6 Å². The summed E-state index contributed by atoms with van der Waals surface area (Å²) in [6, 6.07) is 7.09. The predicted octanol–water partition coefficient (Wildman–Crippen LogP) is 6.73. The van der Waals surface area contributed by atoms with E-state index in [1.165, 1.54) is 4.90 Å². The molecule has 0 spiro atoms. The highest BCUT2D eigenvalue weighted by molar-refractivity contribution is 6.76. The van der Waals surface area contributed by atoms with Gasteiger partial charge in [0.05, 0.1) is 18.6 Å². The lowest BCUT2D eigenvalue weighted by molar-refractivity contribution is -0.145. The first-order chi connectivity index (χ1) is 18.3. The molecule has 0 aliphatic carbocycles. The smallest absolute Gasteiger partial charge is 0.330 e. The van der Waals surface area contributed by atoms with Gasteiger partial charge in [-0.3, -0.25) is 9.69 Å². The Balaban J connectivity index is 2.22. The molecule has 3 amide bonds. The second-order valence-electron chi connectivity index (χ2n) is 12.8. The van der Waals surface area contributed by atoms with Crippen molar-refractivity contribution in [3.63, 3.8) is 0 Å². The van der Waals surface area contributed by atoms with E-state index >= 15 is 0 Å². The molecule has 2 aliphatic rings. The van der Waals surface area contributed by atoms with Crippen LogP contribution in [0.2, 0.25) is 61.9 Å². The second kappa shape index (κ2) is 15.1. The van der Waals surface area contributed by atoms with Crippen molar-refractivity contribution in [3.05, 3.63) is 0 Å². The van der Waals surface area contributed by atoms with Gasteiger partial charge in [-0.05, 0) is 42.3 Å². The molecule has 39 heavy (non-hydrogen) atoms. The maximum Gasteiger partial charge on any atom is 0.330 e. The summed E-state index contributed by atoms with van der Waals surface area (Å²) in [4.78, 5) is 29.6. The van der Waals surface area contributed by atoms with Gasteiger partial charge >= 0.3 is 6.03 Å². The van der Waals surface area contributed by atoms with Crippen LogP contribution in [-0.4, -0.2) is 91.4 Å². The number of nitrogens with zero attached hydrogens (tertiary/aromatic N) is 2. The van der Waals surface area contributed by atoms with Crippen LogP contribution in [-0.2, 0) is 23.1 Å². The fraction of sp³-hybridized carbons (Fsp3) is 0.929. The summed E-state index contributed by atoms with van der Waals surface area (Å²) in [6.45, 7) is 23.6. The Labute approximate surface area is 241 Å². The molecule has 0 radical (unpaired) electrons. The first-order valence-electron chi connectivity index (χ1n) is 15.5. The number of ether oxygens (including phenoxy) is 2. The van der Waals surface area contributed by atoms with Crippen LogP contribution in [0.1, 0.15) is 54.9 Å². The molecule has 2 heterocycles. The number of urea groups is 1. The Morgan fingerprint density at radius 2 is 1.46 bits per heavy atom. The third-order valence-electron chi connectivity index (χ3n) is 9.20. The van der Waals surface area contributed by atoms with E-state index in [-0.39, 0.29) is 36.8 Å². The lowest BCUT2D eigenvalue weighted by Gasteiger charge is -2.40. The normalized spacial score (nSPS) is 25.2. The third-order valence-corrected chi connectivity index (χ3v) is 20.2. The van der Waals surface area contributed by atoms with Crippen LogP contribution in [0.4, 0.5) is 4.79 Å². The van der Waals surface area contributed by atoms with Crippen LogP contribution in [0.15, 0.2) is 0 Å². The van der Waals surface area contributed by atoms with Crippen LogP contribution < -0.4 is 0 Å². The van der Waals surface area contributed by atoms with E-state index in [0.717, 1.165) is 42.3 Å². The van der Waals surface area contributed by atoms with Gasteiger partial charge in [-0.1, -0.05) is 68.1 Å². The average molecular weight is 603 g/mol. The highest BCUT2D eigenvalue weighted by Gasteiger charge is 2.48. The molecular weight excluding hydrogens is 545 g/mol. The Bertz CT molecular complexity index is 771. The van der Waals surface area contributed by atoms with Crippen LogP contribution in [0.3, 0.4) is 0 Å². The molecule has 1 unspecified atom stereocenters. The van der Waals surface area contributed by atoms with Gasteiger partial charge in [0.1, 0.15) is 19.1 Å². The average Bonchev–Trinajstić information content (AvgIpc) is 3.31. The minimum atomic E-state index is -1.90. The molecule has 8 nitrogen and oxygen atoms in total. The molecule has 2 saturated heterocycles. The fourth-order valence-corrected chi connectivity index (χ4v) is 11.9. The summed E-state index contributed by atoms with van der Waals surface area (Å²) in [5.74, 6) is -0.480. The fourth-order valence-electron chi connectivity index (χ4n) is 5.66. The van der Waals surface area contributed by atoms with Crippen molar-refractivity contribution in [1.29, 1.82) is 0 Å². The maximum absolute atomic E-state index is 13.6. The molecule has 0 aromatic carbocycles. The molecule has 2 rings (SSSR count).